The molecular weight excluding hydrogens is 486 g/mol. The molecule has 2 aromatic carbocycles. The molecule has 35 heavy (non-hydrogen) atoms. The number of aromatic carboxylic acids is 1. The summed E-state index contributed by atoms with van der Waals surface area (Å²) in [7, 11) is 0. The van der Waals surface area contributed by atoms with Crippen LogP contribution >= 0.6 is 23.1 Å². The number of amides is 2. The third kappa shape index (κ3) is 5.83. The number of nitrogens with one attached hydrogen (secondary N) is 2. The van der Waals surface area contributed by atoms with Crippen molar-refractivity contribution in [2.45, 2.75) is 24.9 Å². The molecule has 0 unspecified atom stereocenters. The highest BCUT2D eigenvalue weighted by Crippen LogP contribution is 2.44. The van der Waals surface area contributed by atoms with Crippen LogP contribution in [0.3, 0.4) is 0 Å². The molecule has 1 aliphatic rings. The van der Waals surface area contributed by atoms with Crippen LogP contribution in [-0.2, 0) is 16.1 Å². The van der Waals surface area contributed by atoms with E-state index >= 15 is 0 Å². The van der Waals surface area contributed by atoms with Gasteiger partial charge in [0.1, 0.15) is 22.5 Å². The Labute approximate surface area is 211 Å². The maximum Gasteiger partial charge on any atom is 0.407 e. The number of nitrogens with zero attached hydrogens (tertiary/aromatic N) is 1. The monoisotopic (exact) mass is 511 g/mol. The Hall–Kier alpha value is -3.37. The lowest BCUT2D eigenvalue weighted by Gasteiger charge is -2.19. The van der Waals surface area contributed by atoms with Gasteiger partial charge >= 0.3 is 12.1 Å². The number of thioether (sulfide) groups is 1. The highest BCUT2D eigenvalue weighted by molar-refractivity contribution is 7.98. The molecule has 0 saturated heterocycles. The Morgan fingerprint density at radius 1 is 1.11 bits per heavy atom. The number of fused-ring (bicyclic) bond motifs is 3. The van der Waals surface area contributed by atoms with Crippen LogP contribution in [0.2, 0.25) is 0 Å². The van der Waals surface area contributed by atoms with Gasteiger partial charge in [-0.25, -0.2) is 14.6 Å². The van der Waals surface area contributed by atoms with Gasteiger partial charge in [0.05, 0.1) is 12.7 Å². The second kappa shape index (κ2) is 11.4. The van der Waals surface area contributed by atoms with Crippen molar-refractivity contribution in [3.05, 3.63) is 75.7 Å². The summed E-state index contributed by atoms with van der Waals surface area (Å²) in [6.07, 6.45) is 2.95. The first-order valence-corrected chi connectivity index (χ1v) is 13.2. The van der Waals surface area contributed by atoms with Crippen LogP contribution in [0.25, 0.3) is 11.1 Å². The highest BCUT2D eigenvalue weighted by atomic mass is 32.2. The van der Waals surface area contributed by atoms with Gasteiger partial charge < -0.3 is 20.5 Å². The number of carbonyl (C=O) groups is 3. The summed E-state index contributed by atoms with van der Waals surface area (Å²) < 4.78 is 5.58. The van der Waals surface area contributed by atoms with Crippen molar-refractivity contribution in [2.24, 2.45) is 0 Å². The molecule has 0 bridgehead atoms. The second-order valence-electron chi connectivity index (χ2n) is 7.95. The van der Waals surface area contributed by atoms with E-state index in [1.54, 1.807) is 11.8 Å². The van der Waals surface area contributed by atoms with Crippen molar-refractivity contribution in [1.82, 2.24) is 15.6 Å². The number of carboxylic acids is 1. The number of ether oxygens (including phenoxy) is 1. The third-order valence-electron chi connectivity index (χ3n) is 5.74. The summed E-state index contributed by atoms with van der Waals surface area (Å²) >= 11 is 2.56. The van der Waals surface area contributed by atoms with Gasteiger partial charge in [0, 0.05) is 5.92 Å². The van der Waals surface area contributed by atoms with Crippen LogP contribution in [0.15, 0.2) is 54.7 Å². The number of hydrogen-bond donors (Lipinski definition) is 3. The van der Waals surface area contributed by atoms with Crippen molar-refractivity contribution >= 4 is 41.1 Å². The number of alkyl carbamates (subject to hydrolysis) is 1. The van der Waals surface area contributed by atoms with E-state index in [-0.39, 0.29) is 29.9 Å². The quantitative estimate of drug-likeness (QED) is 0.375. The number of hydrogen-bond acceptors (Lipinski definition) is 7. The minimum atomic E-state index is -1.06. The molecule has 0 aliphatic heterocycles. The lowest BCUT2D eigenvalue weighted by molar-refractivity contribution is -0.123. The maximum atomic E-state index is 12.8. The summed E-state index contributed by atoms with van der Waals surface area (Å²) in [4.78, 5) is 40.5. The molecule has 3 N–H and O–H groups in total. The number of carboxylic acid groups (broad SMARTS) is 1. The summed E-state index contributed by atoms with van der Waals surface area (Å²) in [5.74, 6) is -0.836. The van der Waals surface area contributed by atoms with Crippen molar-refractivity contribution in [3.63, 3.8) is 0 Å². The SMILES string of the molecule is CSCC[C@@H](NC(=O)OCC1c2ccccc2-c2ccccc21)C(=O)NCc1ncc(C(=O)O)s1. The molecule has 1 aliphatic carbocycles. The smallest absolute Gasteiger partial charge is 0.407 e. The molecule has 3 aromatic rings. The van der Waals surface area contributed by atoms with Crippen molar-refractivity contribution in [1.29, 1.82) is 0 Å². The molecule has 8 nitrogen and oxygen atoms in total. The van der Waals surface area contributed by atoms with Crippen LogP contribution in [0.5, 0.6) is 0 Å². The Morgan fingerprint density at radius 2 is 1.77 bits per heavy atom. The van der Waals surface area contributed by atoms with E-state index in [0.717, 1.165) is 33.6 Å². The van der Waals surface area contributed by atoms with E-state index in [0.29, 0.717) is 17.2 Å². The van der Waals surface area contributed by atoms with Crippen LogP contribution in [0, 0.1) is 0 Å². The standard InChI is InChI=1S/C25H25N3O5S2/c1-34-11-10-20(23(29)27-13-22-26-12-21(35-22)24(30)31)28-25(32)33-14-19-17-8-4-2-6-15(17)16-7-3-5-9-18(16)19/h2-9,12,19-20H,10-11,13-14H2,1H3,(H,27,29)(H,28,32)(H,30,31)/t20-/m1/s1. The van der Waals surface area contributed by atoms with Crippen LogP contribution in [0.4, 0.5) is 4.79 Å². The van der Waals surface area contributed by atoms with Crippen LogP contribution in [0.1, 0.15) is 38.1 Å². The van der Waals surface area contributed by atoms with Crippen molar-refractivity contribution < 1.29 is 24.2 Å². The molecule has 4 rings (SSSR count). The highest BCUT2D eigenvalue weighted by Gasteiger charge is 2.29. The topological polar surface area (TPSA) is 118 Å². The van der Waals surface area contributed by atoms with E-state index in [9.17, 15) is 14.4 Å². The summed E-state index contributed by atoms with van der Waals surface area (Å²) in [5.41, 5.74) is 4.51. The molecule has 0 saturated carbocycles. The van der Waals surface area contributed by atoms with E-state index in [2.05, 4.69) is 27.8 Å². The number of rotatable bonds is 10. The Morgan fingerprint density at radius 3 is 2.37 bits per heavy atom. The predicted octanol–water partition coefficient (Wildman–Crippen LogP) is 4.12. The minimum Gasteiger partial charge on any atom is -0.477 e. The molecule has 0 spiro atoms. The van der Waals surface area contributed by atoms with Gasteiger partial charge in [-0.1, -0.05) is 48.5 Å². The van der Waals surface area contributed by atoms with Gasteiger partial charge in [-0.3, -0.25) is 4.79 Å². The average molecular weight is 512 g/mol. The average Bonchev–Trinajstić information content (AvgIpc) is 3.47. The van der Waals surface area contributed by atoms with Gasteiger partial charge in [-0.05, 0) is 40.7 Å². The first-order chi connectivity index (χ1) is 17.0. The van der Waals surface area contributed by atoms with E-state index in [4.69, 9.17) is 9.84 Å². The van der Waals surface area contributed by atoms with E-state index < -0.39 is 18.1 Å². The fourth-order valence-corrected chi connectivity index (χ4v) is 5.23. The Bertz CT molecular complexity index is 1180. The molecular formula is C25H25N3O5S2. The molecule has 2 amide bonds. The van der Waals surface area contributed by atoms with Crippen LogP contribution in [-0.4, -0.2) is 52.7 Å². The van der Waals surface area contributed by atoms with Gasteiger partial charge in [0.15, 0.2) is 0 Å². The fraction of sp³-hybridized carbons (Fsp3) is 0.280. The molecule has 182 valence electrons. The van der Waals surface area contributed by atoms with Crippen LogP contribution < -0.4 is 10.6 Å². The second-order valence-corrected chi connectivity index (χ2v) is 10.0. The fourth-order valence-electron chi connectivity index (χ4n) is 4.06. The predicted molar refractivity (Wildman–Crippen MR) is 136 cm³/mol. The first-order valence-electron chi connectivity index (χ1n) is 11.0. The van der Waals surface area contributed by atoms with Gasteiger partial charge in [0.2, 0.25) is 5.91 Å². The number of benzene rings is 2. The normalized spacial score (nSPS) is 12.9. The molecule has 1 aromatic heterocycles. The molecule has 1 atom stereocenters. The number of carbonyl (C=O) groups excluding carboxylic acids is 2. The molecule has 1 heterocycles. The number of thiazole rings is 1. The van der Waals surface area contributed by atoms with Gasteiger partial charge in [-0.2, -0.15) is 11.8 Å². The van der Waals surface area contributed by atoms with E-state index in [1.165, 1.54) is 6.20 Å². The van der Waals surface area contributed by atoms with Crippen molar-refractivity contribution in [2.75, 3.05) is 18.6 Å². The third-order valence-corrected chi connectivity index (χ3v) is 7.37. The molecule has 0 radical (unpaired) electrons. The Balaban J connectivity index is 1.36. The van der Waals surface area contributed by atoms with Gasteiger partial charge in [-0.15, -0.1) is 11.3 Å². The van der Waals surface area contributed by atoms with Crippen molar-refractivity contribution in [3.8, 4) is 11.1 Å². The summed E-state index contributed by atoms with van der Waals surface area (Å²) in [5, 5.41) is 14.9. The minimum absolute atomic E-state index is 0.0695. The first kappa shape index (κ1) is 24.7. The maximum absolute atomic E-state index is 12.8. The summed E-state index contributed by atoms with van der Waals surface area (Å²) in [6, 6.07) is 15.4. The summed E-state index contributed by atoms with van der Waals surface area (Å²) in [6.45, 7) is 0.243. The zero-order valence-electron chi connectivity index (χ0n) is 19.0. The largest absolute Gasteiger partial charge is 0.477 e. The lowest BCUT2D eigenvalue weighted by atomic mass is 9.98. The zero-order chi connectivity index (χ0) is 24.8. The van der Waals surface area contributed by atoms with E-state index in [1.807, 2.05) is 42.7 Å². The Kier molecular flexibility index (Phi) is 8.04. The van der Waals surface area contributed by atoms with Gasteiger partial charge in [0.25, 0.3) is 0 Å². The molecule has 0 fully saturated rings. The number of aromatic nitrogens is 1. The zero-order valence-corrected chi connectivity index (χ0v) is 20.7. The molecule has 10 heteroatoms. The lowest BCUT2D eigenvalue weighted by Crippen LogP contribution is -2.47.